The number of amides is 1. The molecule has 4 aromatic rings. The minimum Gasteiger partial charge on any atom is -0.481 e. The van der Waals surface area contributed by atoms with E-state index in [0.717, 1.165) is 33.4 Å². The van der Waals surface area contributed by atoms with Crippen LogP contribution >= 0.6 is 11.8 Å². The van der Waals surface area contributed by atoms with Gasteiger partial charge in [0.2, 0.25) is 5.91 Å². The SMILES string of the molecule is O=C(O)CCCC(=O)NCc1cccc(-c2cccc(C3OC(CSc4ncccc4C(=O)O)CC(c4ccc(CO)cc4)O3)c2)c1. The molecule has 11 heteroatoms. The smallest absolute Gasteiger partial charge is 0.338 e. The van der Waals surface area contributed by atoms with E-state index in [4.69, 9.17) is 14.6 Å². The van der Waals surface area contributed by atoms with E-state index >= 15 is 0 Å². The largest absolute Gasteiger partial charge is 0.481 e. The van der Waals surface area contributed by atoms with Crippen molar-refractivity contribution in [1.29, 1.82) is 0 Å². The van der Waals surface area contributed by atoms with Gasteiger partial charge < -0.3 is 30.1 Å². The molecule has 1 amide bonds. The summed E-state index contributed by atoms with van der Waals surface area (Å²) in [5.74, 6) is -1.68. The minimum absolute atomic E-state index is 0.0418. The van der Waals surface area contributed by atoms with Crippen molar-refractivity contribution in [2.45, 2.75) is 62.4 Å². The standard InChI is InChI=1S/C36H36N2O8S/c39-21-23-12-14-25(15-13-23)31-19-29(22-47-34-30(35(43)44)9-4-16-37-34)45-36(46-31)28-8-2-7-27(18-28)26-6-1-5-24(17-26)20-38-32(40)10-3-11-33(41)42/h1-2,4-9,12-18,29,31,36,39H,3,10-11,19-22H2,(H,38,40)(H,41,42)(H,43,44). The summed E-state index contributed by atoms with van der Waals surface area (Å²) in [6, 6.07) is 26.5. The highest BCUT2D eigenvalue weighted by Gasteiger charge is 2.33. The summed E-state index contributed by atoms with van der Waals surface area (Å²) in [4.78, 5) is 38.9. The molecule has 0 radical (unpaired) electrons. The molecule has 10 nitrogen and oxygen atoms in total. The Kier molecular flexibility index (Phi) is 11.7. The second-order valence-electron chi connectivity index (χ2n) is 11.2. The number of aromatic carboxylic acids is 1. The van der Waals surface area contributed by atoms with Gasteiger partial charge in [0.05, 0.1) is 24.4 Å². The van der Waals surface area contributed by atoms with Crippen molar-refractivity contribution in [3.05, 3.63) is 119 Å². The van der Waals surface area contributed by atoms with E-state index in [-0.39, 0.29) is 43.1 Å². The molecule has 1 aromatic heterocycles. The lowest BCUT2D eigenvalue weighted by Gasteiger charge is -2.36. The monoisotopic (exact) mass is 656 g/mol. The molecule has 3 unspecified atom stereocenters. The lowest BCUT2D eigenvalue weighted by molar-refractivity contribution is -0.245. The molecule has 1 aliphatic rings. The molecule has 244 valence electrons. The number of nitrogens with zero attached hydrogens (tertiary/aromatic N) is 1. The first-order valence-electron chi connectivity index (χ1n) is 15.3. The van der Waals surface area contributed by atoms with E-state index in [2.05, 4.69) is 10.3 Å². The van der Waals surface area contributed by atoms with Crippen molar-refractivity contribution < 1.29 is 39.2 Å². The Labute approximate surface area is 276 Å². The van der Waals surface area contributed by atoms with Gasteiger partial charge in [-0.3, -0.25) is 9.59 Å². The van der Waals surface area contributed by atoms with Gasteiger partial charge in [0.1, 0.15) is 5.03 Å². The topological polar surface area (TPSA) is 155 Å². The molecule has 0 spiro atoms. The van der Waals surface area contributed by atoms with Gasteiger partial charge in [-0.2, -0.15) is 0 Å². The van der Waals surface area contributed by atoms with Crippen LogP contribution in [0.5, 0.6) is 0 Å². The summed E-state index contributed by atoms with van der Waals surface area (Å²) in [6.45, 7) is 0.268. The number of benzene rings is 3. The predicted octanol–water partition coefficient (Wildman–Crippen LogP) is 6.15. The zero-order chi connectivity index (χ0) is 33.2. The minimum atomic E-state index is -1.03. The van der Waals surface area contributed by atoms with Crippen molar-refractivity contribution in [3.8, 4) is 11.1 Å². The average Bonchev–Trinajstić information content (AvgIpc) is 3.10. The van der Waals surface area contributed by atoms with Crippen LogP contribution in [0.3, 0.4) is 0 Å². The van der Waals surface area contributed by atoms with E-state index < -0.39 is 18.2 Å². The third kappa shape index (κ3) is 9.49. The van der Waals surface area contributed by atoms with Crippen molar-refractivity contribution in [1.82, 2.24) is 10.3 Å². The Balaban J connectivity index is 1.33. The third-order valence-corrected chi connectivity index (χ3v) is 8.86. The van der Waals surface area contributed by atoms with Gasteiger partial charge in [-0.05, 0) is 58.5 Å². The molecular weight excluding hydrogens is 620 g/mol. The van der Waals surface area contributed by atoms with Gasteiger partial charge in [-0.25, -0.2) is 9.78 Å². The molecule has 4 N–H and O–H groups in total. The van der Waals surface area contributed by atoms with Crippen LogP contribution in [0.4, 0.5) is 0 Å². The summed E-state index contributed by atoms with van der Waals surface area (Å²) in [7, 11) is 0. The fourth-order valence-corrected chi connectivity index (χ4v) is 6.28. The number of ether oxygens (including phenoxy) is 2. The van der Waals surface area contributed by atoms with Gasteiger partial charge in [0.25, 0.3) is 0 Å². The number of aliphatic hydroxyl groups excluding tert-OH is 1. The zero-order valence-electron chi connectivity index (χ0n) is 25.6. The maximum Gasteiger partial charge on any atom is 0.338 e. The second-order valence-corrected chi connectivity index (χ2v) is 12.2. The number of carbonyl (C=O) groups excluding carboxylic acids is 1. The summed E-state index contributed by atoms with van der Waals surface area (Å²) in [5, 5.41) is 31.2. The number of carboxylic acids is 2. The van der Waals surface area contributed by atoms with Gasteiger partial charge in [-0.15, -0.1) is 11.8 Å². The lowest BCUT2D eigenvalue weighted by atomic mass is 9.99. The molecule has 0 saturated carbocycles. The Hall–Kier alpha value is -4.55. The van der Waals surface area contributed by atoms with Gasteiger partial charge in [-0.1, -0.05) is 60.7 Å². The normalized spacial score (nSPS) is 17.6. The number of rotatable bonds is 14. The van der Waals surface area contributed by atoms with Crippen molar-refractivity contribution in [2.24, 2.45) is 0 Å². The number of aromatic nitrogens is 1. The Bertz CT molecular complexity index is 1700. The van der Waals surface area contributed by atoms with E-state index in [1.807, 2.05) is 72.8 Å². The quantitative estimate of drug-likeness (QED) is 0.116. The van der Waals surface area contributed by atoms with Gasteiger partial charge in [0, 0.05) is 43.3 Å². The molecule has 0 bridgehead atoms. The molecule has 5 rings (SSSR count). The van der Waals surface area contributed by atoms with Crippen LogP contribution in [0.15, 0.2) is 96.2 Å². The average molecular weight is 657 g/mol. The number of aliphatic hydroxyl groups is 1. The van der Waals surface area contributed by atoms with Crippen LogP contribution in [-0.4, -0.2) is 50.0 Å². The summed E-state index contributed by atoms with van der Waals surface area (Å²) >= 11 is 1.33. The second kappa shape index (κ2) is 16.3. The van der Waals surface area contributed by atoms with E-state index in [0.29, 0.717) is 30.2 Å². The number of aliphatic carboxylic acids is 1. The highest BCUT2D eigenvalue weighted by Crippen LogP contribution is 2.40. The van der Waals surface area contributed by atoms with Gasteiger partial charge >= 0.3 is 11.9 Å². The molecular formula is C36H36N2O8S. The zero-order valence-corrected chi connectivity index (χ0v) is 26.4. The Morgan fingerprint density at radius 1 is 0.851 bits per heavy atom. The van der Waals surface area contributed by atoms with Gasteiger partial charge in [0.15, 0.2) is 6.29 Å². The van der Waals surface area contributed by atoms with Crippen LogP contribution in [0.25, 0.3) is 11.1 Å². The number of hydrogen-bond acceptors (Lipinski definition) is 8. The van der Waals surface area contributed by atoms with Crippen molar-refractivity contribution in [2.75, 3.05) is 5.75 Å². The first-order valence-corrected chi connectivity index (χ1v) is 16.3. The third-order valence-electron chi connectivity index (χ3n) is 7.73. The fourth-order valence-electron chi connectivity index (χ4n) is 5.28. The van der Waals surface area contributed by atoms with Crippen molar-refractivity contribution in [3.63, 3.8) is 0 Å². The summed E-state index contributed by atoms with van der Waals surface area (Å²) < 4.78 is 13.0. The Morgan fingerprint density at radius 3 is 2.36 bits per heavy atom. The number of pyridine rings is 1. The predicted molar refractivity (Wildman–Crippen MR) is 176 cm³/mol. The summed E-state index contributed by atoms with van der Waals surface area (Å²) in [6.07, 6.45) is 1.24. The molecule has 3 atom stereocenters. The number of thioether (sulfide) groups is 1. The van der Waals surface area contributed by atoms with Crippen LogP contribution in [-0.2, 0) is 32.2 Å². The number of carboxylic acid groups (broad SMARTS) is 2. The maximum absolute atomic E-state index is 12.2. The van der Waals surface area contributed by atoms with Crippen LogP contribution < -0.4 is 5.32 Å². The highest BCUT2D eigenvalue weighted by molar-refractivity contribution is 7.99. The van der Waals surface area contributed by atoms with Crippen molar-refractivity contribution >= 4 is 29.6 Å². The van der Waals surface area contributed by atoms with E-state index in [9.17, 15) is 24.6 Å². The maximum atomic E-state index is 12.2. The van der Waals surface area contributed by atoms with Crippen LogP contribution in [0.2, 0.25) is 0 Å². The molecule has 2 heterocycles. The number of nitrogens with one attached hydrogen (secondary N) is 1. The number of hydrogen-bond donors (Lipinski definition) is 4. The molecule has 1 fully saturated rings. The molecule has 1 aliphatic heterocycles. The first-order chi connectivity index (χ1) is 22.8. The fraction of sp³-hybridized carbons (Fsp3) is 0.278. The molecule has 0 aliphatic carbocycles. The molecule has 3 aromatic carbocycles. The van der Waals surface area contributed by atoms with Crippen LogP contribution in [0.1, 0.15) is 70.7 Å². The highest BCUT2D eigenvalue weighted by atomic mass is 32.2. The van der Waals surface area contributed by atoms with E-state index in [1.54, 1.807) is 12.3 Å². The van der Waals surface area contributed by atoms with Crippen LogP contribution in [0, 0.1) is 0 Å². The first kappa shape index (κ1) is 33.8. The lowest BCUT2D eigenvalue weighted by Crippen LogP contribution is -2.31. The molecule has 47 heavy (non-hydrogen) atoms. The molecule has 1 saturated heterocycles. The Morgan fingerprint density at radius 2 is 1.62 bits per heavy atom. The number of carbonyl (C=O) groups is 3. The van der Waals surface area contributed by atoms with E-state index in [1.165, 1.54) is 17.8 Å². The summed E-state index contributed by atoms with van der Waals surface area (Å²) in [5.41, 5.74) is 5.49.